The Morgan fingerprint density at radius 3 is 2.72 bits per heavy atom. The van der Waals surface area contributed by atoms with Gasteiger partial charge >= 0.3 is 0 Å². The molecule has 0 fully saturated rings. The van der Waals surface area contributed by atoms with Crippen molar-refractivity contribution in [1.29, 1.82) is 0 Å². The summed E-state index contributed by atoms with van der Waals surface area (Å²) in [5, 5.41) is 0.634. The van der Waals surface area contributed by atoms with Gasteiger partial charge in [0.25, 0.3) is 0 Å². The number of hydrogen-bond donors (Lipinski definition) is 1. The fourth-order valence-electron chi connectivity index (χ4n) is 1.30. The summed E-state index contributed by atoms with van der Waals surface area (Å²) in [5.74, 6) is 1.10. The van der Waals surface area contributed by atoms with Crippen LogP contribution in [0, 0.1) is 6.92 Å². The number of hydrogen-bond acceptors (Lipinski definition) is 3. The molecule has 2 aromatic rings. The Hall–Kier alpha value is -0.780. The monoisotopic (exact) mass is 390 g/mol. The second-order valence-electron chi connectivity index (χ2n) is 3.63. The highest BCUT2D eigenvalue weighted by Crippen LogP contribution is 2.36. The summed E-state index contributed by atoms with van der Waals surface area (Å²) in [6.07, 6.45) is 1.57. The van der Waals surface area contributed by atoms with Gasteiger partial charge in [-0.3, -0.25) is 0 Å². The number of pyridine rings is 1. The van der Waals surface area contributed by atoms with Crippen LogP contribution in [-0.2, 0) is 0 Å². The summed E-state index contributed by atoms with van der Waals surface area (Å²) in [6, 6.07) is 5.28. The first-order valence-electron chi connectivity index (χ1n) is 5.02. The summed E-state index contributed by atoms with van der Waals surface area (Å²) in [7, 11) is 0. The average molecular weight is 392 g/mol. The molecule has 18 heavy (non-hydrogen) atoms. The maximum Gasteiger partial charge on any atom is 0.234 e. The molecule has 94 valence electrons. The molecule has 0 aliphatic rings. The van der Waals surface area contributed by atoms with Crippen LogP contribution in [-0.4, -0.2) is 4.98 Å². The first-order chi connectivity index (χ1) is 8.49. The Morgan fingerprint density at radius 1 is 1.33 bits per heavy atom. The summed E-state index contributed by atoms with van der Waals surface area (Å²) in [5.41, 5.74) is 7.27. The Bertz CT molecular complexity index is 605. The molecule has 1 aromatic carbocycles. The minimum Gasteiger partial charge on any atom is -0.437 e. The lowest BCUT2D eigenvalue weighted by Gasteiger charge is -2.11. The van der Waals surface area contributed by atoms with Gasteiger partial charge in [-0.2, -0.15) is 0 Å². The van der Waals surface area contributed by atoms with E-state index >= 15 is 0 Å². The number of nitrogens with two attached hydrogens (primary N) is 1. The topological polar surface area (TPSA) is 48.1 Å². The molecule has 0 bridgehead atoms. The van der Waals surface area contributed by atoms with Gasteiger partial charge in [0.15, 0.2) is 0 Å². The average Bonchev–Trinajstić information content (AvgIpc) is 2.33. The molecule has 1 aromatic heterocycles. The van der Waals surface area contributed by atoms with Crippen LogP contribution in [0.5, 0.6) is 11.6 Å². The normalized spacial score (nSPS) is 10.4. The quantitative estimate of drug-likeness (QED) is 0.787. The van der Waals surface area contributed by atoms with Crippen LogP contribution in [0.25, 0.3) is 0 Å². The van der Waals surface area contributed by atoms with Crippen molar-refractivity contribution in [2.45, 2.75) is 6.92 Å². The maximum absolute atomic E-state index is 5.87. The van der Waals surface area contributed by atoms with E-state index in [9.17, 15) is 0 Å². The summed E-state index contributed by atoms with van der Waals surface area (Å²) in [4.78, 5) is 4.15. The standard InChI is InChI=1S/C12H9Br2ClN2O/c1-6-9(16)5-17-12(11(6)14)18-10-3-2-7(15)4-8(10)13/h2-5H,16H2,1H3. The molecule has 0 amide bonds. The molecule has 0 unspecified atom stereocenters. The SMILES string of the molecule is Cc1c(N)cnc(Oc2ccc(Cl)cc2Br)c1Br. The van der Waals surface area contributed by atoms with Gasteiger partial charge in [0, 0.05) is 5.02 Å². The lowest BCUT2D eigenvalue weighted by atomic mass is 10.2. The van der Waals surface area contributed by atoms with E-state index < -0.39 is 0 Å². The molecule has 0 saturated heterocycles. The van der Waals surface area contributed by atoms with E-state index in [1.54, 1.807) is 24.4 Å². The van der Waals surface area contributed by atoms with Crippen LogP contribution in [0.1, 0.15) is 5.56 Å². The molecule has 2 rings (SSSR count). The fraction of sp³-hybridized carbons (Fsp3) is 0.0833. The highest BCUT2D eigenvalue weighted by molar-refractivity contribution is 9.11. The van der Waals surface area contributed by atoms with Gasteiger partial charge < -0.3 is 10.5 Å². The van der Waals surface area contributed by atoms with E-state index in [2.05, 4.69) is 36.8 Å². The number of ether oxygens (including phenoxy) is 1. The van der Waals surface area contributed by atoms with Crippen LogP contribution in [0.15, 0.2) is 33.3 Å². The van der Waals surface area contributed by atoms with Crippen molar-refractivity contribution in [3.63, 3.8) is 0 Å². The van der Waals surface area contributed by atoms with Gasteiger partial charge in [-0.25, -0.2) is 4.98 Å². The van der Waals surface area contributed by atoms with Crippen molar-refractivity contribution in [3.05, 3.63) is 43.9 Å². The minimum absolute atomic E-state index is 0.463. The lowest BCUT2D eigenvalue weighted by molar-refractivity contribution is 0.456. The van der Waals surface area contributed by atoms with Gasteiger partial charge in [-0.05, 0) is 62.5 Å². The largest absolute Gasteiger partial charge is 0.437 e. The van der Waals surface area contributed by atoms with E-state index in [-0.39, 0.29) is 0 Å². The first kappa shape index (κ1) is 13.6. The van der Waals surface area contributed by atoms with Crippen molar-refractivity contribution in [2.75, 3.05) is 5.73 Å². The van der Waals surface area contributed by atoms with Crippen LogP contribution < -0.4 is 10.5 Å². The maximum atomic E-state index is 5.87. The third-order valence-electron chi connectivity index (χ3n) is 2.37. The molecule has 1 heterocycles. The van der Waals surface area contributed by atoms with Crippen molar-refractivity contribution >= 4 is 49.1 Å². The molecule has 2 N–H and O–H groups in total. The second-order valence-corrected chi connectivity index (χ2v) is 5.72. The smallest absolute Gasteiger partial charge is 0.234 e. The Morgan fingerprint density at radius 2 is 2.06 bits per heavy atom. The van der Waals surface area contributed by atoms with Gasteiger partial charge in [0.1, 0.15) is 5.75 Å². The van der Waals surface area contributed by atoms with Crippen molar-refractivity contribution < 1.29 is 4.74 Å². The Labute approximate surface area is 127 Å². The van der Waals surface area contributed by atoms with Crippen molar-refractivity contribution in [1.82, 2.24) is 4.98 Å². The summed E-state index contributed by atoms with van der Waals surface area (Å²) >= 11 is 12.7. The van der Waals surface area contributed by atoms with Gasteiger partial charge in [-0.15, -0.1) is 0 Å². The Balaban J connectivity index is 2.37. The number of nitrogens with zero attached hydrogens (tertiary/aromatic N) is 1. The van der Waals surface area contributed by atoms with E-state index in [1.165, 1.54) is 0 Å². The highest BCUT2D eigenvalue weighted by atomic mass is 79.9. The van der Waals surface area contributed by atoms with E-state index in [0.717, 1.165) is 14.5 Å². The molecular formula is C12H9Br2ClN2O. The van der Waals surface area contributed by atoms with Crippen LogP contribution >= 0.6 is 43.5 Å². The van der Waals surface area contributed by atoms with Crippen molar-refractivity contribution in [3.8, 4) is 11.6 Å². The molecule has 6 heteroatoms. The molecule has 0 saturated carbocycles. The van der Waals surface area contributed by atoms with Gasteiger partial charge in [-0.1, -0.05) is 11.6 Å². The number of benzene rings is 1. The van der Waals surface area contributed by atoms with E-state index in [0.29, 0.717) is 22.3 Å². The van der Waals surface area contributed by atoms with Crippen LogP contribution in [0.4, 0.5) is 5.69 Å². The molecule has 0 radical (unpaired) electrons. The Kier molecular flexibility index (Phi) is 4.14. The number of anilines is 1. The molecule has 0 aliphatic heterocycles. The van der Waals surface area contributed by atoms with Crippen LogP contribution in [0.3, 0.4) is 0 Å². The van der Waals surface area contributed by atoms with Gasteiger partial charge in [0.05, 0.1) is 20.8 Å². The zero-order valence-corrected chi connectivity index (χ0v) is 13.3. The number of halogens is 3. The van der Waals surface area contributed by atoms with Crippen molar-refractivity contribution in [2.24, 2.45) is 0 Å². The third kappa shape index (κ3) is 2.79. The van der Waals surface area contributed by atoms with E-state index in [4.69, 9.17) is 22.1 Å². The fourth-order valence-corrected chi connectivity index (χ4v) is 2.48. The summed E-state index contributed by atoms with van der Waals surface area (Å²) in [6.45, 7) is 1.89. The van der Waals surface area contributed by atoms with Crippen LogP contribution in [0.2, 0.25) is 5.02 Å². The zero-order valence-electron chi connectivity index (χ0n) is 9.38. The summed E-state index contributed by atoms with van der Waals surface area (Å²) < 4.78 is 7.21. The predicted molar refractivity (Wildman–Crippen MR) is 80.3 cm³/mol. The second kappa shape index (κ2) is 5.47. The van der Waals surface area contributed by atoms with E-state index in [1.807, 2.05) is 6.92 Å². The zero-order chi connectivity index (χ0) is 13.3. The minimum atomic E-state index is 0.463. The molecule has 3 nitrogen and oxygen atoms in total. The number of nitrogen functional groups attached to an aromatic ring is 1. The lowest BCUT2D eigenvalue weighted by Crippen LogP contribution is -1.96. The first-order valence-corrected chi connectivity index (χ1v) is 6.99. The highest BCUT2D eigenvalue weighted by Gasteiger charge is 2.11. The predicted octanol–water partition coefficient (Wildman–Crippen LogP) is 4.94. The molecule has 0 spiro atoms. The molecule has 0 atom stereocenters. The van der Waals surface area contributed by atoms with Gasteiger partial charge in [0.2, 0.25) is 5.88 Å². The number of aromatic nitrogens is 1. The molecule has 0 aliphatic carbocycles. The molecular weight excluding hydrogens is 383 g/mol. The third-order valence-corrected chi connectivity index (χ3v) is 4.16. The number of rotatable bonds is 2.